The van der Waals surface area contributed by atoms with E-state index in [1.807, 2.05) is 0 Å². The number of allylic oxidation sites excluding steroid dienone is 1. The van der Waals surface area contributed by atoms with Gasteiger partial charge in [0.2, 0.25) is 0 Å². The van der Waals surface area contributed by atoms with E-state index in [-0.39, 0.29) is 5.79 Å². The van der Waals surface area contributed by atoms with Gasteiger partial charge in [-0.05, 0) is 32.7 Å². The maximum absolute atomic E-state index is 5.87. The van der Waals surface area contributed by atoms with Crippen LogP contribution >= 0.6 is 0 Å². The zero-order valence-corrected chi connectivity index (χ0v) is 10.8. The molecule has 3 heteroatoms. The minimum Gasteiger partial charge on any atom is -0.347 e. The number of hydrogen-bond acceptors (Lipinski definition) is 3. The molecule has 0 radical (unpaired) electrons. The fourth-order valence-electron chi connectivity index (χ4n) is 3.82. The van der Waals surface area contributed by atoms with Crippen LogP contribution in [0.25, 0.3) is 0 Å². The van der Waals surface area contributed by atoms with Crippen LogP contribution in [0.2, 0.25) is 0 Å². The number of fused-ring (bicyclic) bond motifs is 1. The third-order valence-corrected chi connectivity index (χ3v) is 4.70. The van der Waals surface area contributed by atoms with Crippen molar-refractivity contribution in [2.75, 3.05) is 26.8 Å². The lowest BCUT2D eigenvalue weighted by Gasteiger charge is -2.47. The molecule has 3 nitrogen and oxygen atoms in total. The molecule has 2 aliphatic carbocycles. The molecule has 17 heavy (non-hydrogen) atoms. The molecule has 1 saturated carbocycles. The first-order valence-electron chi connectivity index (χ1n) is 6.91. The van der Waals surface area contributed by atoms with E-state index in [0.29, 0.717) is 5.41 Å². The van der Waals surface area contributed by atoms with E-state index < -0.39 is 0 Å². The van der Waals surface area contributed by atoms with Gasteiger partial charge in [0.25, 0.3) is 0 Å². The Balaban J connectivity index is 1.83. The Morgan fingerprint density at radius 3 is 2.82 bits per heavy atom. The average molecular weight is 237 g/mol. The first-order chi connectivity index (χ1) is 8.29. The van der Waals surface area contributed by atoms with Crippen LogP contribution in [0, 0.1) is 5.41 Å². The lowest BCUT2D eigenvalue weighted by atomic mass is 9.63. The van der Waals surface area contributed by atoms with Crippen molar-refractivity contribution in [3.05, 3.63) is 11.6 Å². The Morgan fingerprint density at radius 2 is 2.06 bits per heavy atom. The Hall–Kier alpha value is -0.380. The highest BCUT2D eigenvalue weighted by Gasteiger charge is 2.49. The topological polar surface area (TPSA) is 30.5 Å². The van der Waals surface area contributed by atoms with Crippen molar-refractivity contribution in [2.45, 2.75) is 44.3 Å². The van der Waals surface area contributed by atoms with Crippen molar-refractivity contribution in [1.82, 2.24) is 5.32 Å². The molecule has 0 amide bonds. The quantitative estimate of drug-likeness (QED) is 0.747. The average Bonchev–Trinajstić information content (AvgIpc) is 2.79. The van der Waals surface area contributed by atoms with Gasteiger partial charge in [0.05, 0.1) is 13.2 Å². The van der Waals surface area contributed by atoms with Crippen LogP contribution in [0.5, 0.6) is 0 Å². The summed E-state index contributed by atoms with van der Waals surface area (Å²) in [5.41, 5.74) is 1.99. The van der Waals surface area contributed by atoms with E-state index >= 15 is 0 Å². The molecule has 1 heterocycles. The lowest BCUT2D eigenvalue weighted by Crippen LogP contribution is -2.46. The molecule has 0 aromatic heterocycles. The van der Waals surface area contributed by atoms with Gasteiger partial charge in [-0.2, -0.15) is 0 Å². The fourth-order valence-corrected chi connectivity index (χ4v) is 3.82. The summed E-state index contributed by atoms with van der Waals surface area (Å²) < 4.78 is 11.7. The van der Waals surface area contributed by atoms with E-state index in [9.17, 15) is 0 Å². The number of rotatable bonds is 2. The van der Waals surface area contributed by atoms with Crippen LogP contribution in [0.15, 0.2) is 11.6 Å². The van der Waals surface area contributed by atoms with Crippen molar-refractivity contribution < 1.29 is 9.47 Å². The zero-order valence-electron chi connectivity index (χ0n) is 10.8. The van der Waals surface area contributed by atoms with Gasteiger partial charge in [0.15, 0.2) is 5.79 Å². The highest BCUT2D eigenvalue weighted by Crippen LogP contribution is 2.52. The molecule has 3 aliphatic rings. The minimum atomic E-state index is -0.263. The summed E-state index contributed by atoms with van der Waals surface area (Å²) in [6, 6.07) is 0. The minimum absolute atomic E-state index is 0.263. The van der Waals surface area contributed by atoms with Crippen molar-refractivity contribution in [3.8, 4) is 0 Å². The highest BCUT2D eigenvalue weighted by atomic mass is 16.7. The van der Waals surface area contributed by atoms with Crippen molar-refractivity contribution in [3.63, 3.8) is 0 Å². The van der Waals surface area contributed by atoms with E-state index in [1.54, 1.807) is 5.57 Å². The van der Waals surface area contributed by atoms with Gasteiger partial charge in [-0.15, -0.1) is 0 Å². The van der Waals surface area contributed by atoms with Crippen LogP contribution in [0.4, 0.5) is 0 Å². The van der Waals surface area contributed by atoms with Gasteiger partial charge in [0.1, 0.15) is 0 Å². The van der Waals surface area contributed by atoms with Crippen molar-refractivity contribution in [1.29, 1.82) is 0 Å². The second-order valence-electron chi connectivity index (χ2n) is 5.72. The third kappa shape index (κ3) is 1.94. The summed E-state index contributed by atoms with van der Waals surface area (Å²) >= 11 is 0. The van der Waals surface area contributed by atoms with Crippen molar-refractivity contribution in [2.24, 2.45) is 5.41 Å². The van der Waals surface area contributed by atoms with E-state index in [4.69, 9.17) is 9.47 Å². The summed E-state index contributed by atoms with van der Waals surface area (Å²) in [4.78, 5) is 0. The predicted octanol–water partition coefficient (Wildman–Crippen LogP) is 2.23. The van der Waals surface area contributed by atoms with Gasteiger partial charge in [-0.1, -0.05) is 11.6 Å². The lowest BCUT2D eigenvalue weighted by molar-refractivity contribution is -0.178. The molecular formula is C14H23NO2. The Kier molecular flexibility index (Phi) is 3.01. The second-order valence-corrected chi connectivity index (χ2v) is 5.72. The first kappa shape index (κ1) is 11.7. The highest BCUT2D eigenvalue weighted by molar-refractivity contribution is 5.23. The summed E-state index contributed by atoms with van der Waals surface area (Å²) in [5, 5.41) is 3.38. The summed E-state index contributed by atoms with van der Waals surface area (Å²) in [7, 11) is 2.06. The SMILES string of the molecule is CNCC12CCCC=C1CC1(CC2)OCCO1. The molecule has 1 N–H and O–H groups in total. The van der Waals surface area contributed by atoms with Gasteiger partial charge in [0, 0.05) is 24.8 Å². The van der Waals surface area contributed by atoms with Crippen LogP contribution in [0.1, 0.15) is 38.5 Å². The molecule has 2 fully saturated rings. The Morgan fingerprint density at radius 1 is 1.24 bits per heavy atom. The molecule has 1 unspecified atom stereocenters. The Bertz CT molecular complexity index is 320. The normalized spacial score (nSPS) is 35.7. The number of ether oxygens (including phenoxy) is 2. The van der Waals surface area contributed by atoms with Crippen LogP contribution in [0.3, 0.4) is 0 Å². The summed E-state index contributed by atoms with van der Waals surface area (Å²) in [6.07, 6.45) is 9.61. The van der Waals surface area contributed by atoms with Gasteiger partial charge < -0.3 is 14.8 Å². The second kappa shape index (κ2) is 4.38. The predicted molar refractivity (Wildman–Crippen MR) is 66.8 cm³/mol. The van der Waals surface area contributed by atoms with E-state index in [1.165, 1.54) is 25.7 Å². The zero-order chi connectivity index (χ0) is 11.8. The van der Waals surface area contributed by atoms with E-state index in [0.717, 1.165) is 32.6 Å². The smallest absolute Gasteiger partial charge is 0.172 e. The maximum Gasteiger partial charge on any atom is 0.172 e. The molecular weight excluding hydrogens is 214 g/mol. The summed E-state index contributed by atoms with van der Waals surface area (Å²) in [6.45, 7) is 2.65. The van der Waals surface area contributed by atoms with Gasteiger partial charge in [-0.25, -0.2) is 0 Å². The van der Waals surface area contributed by atoms with Crippen molar-refractivity contribution >= 4 is 0 Å². The molecule has 0 bridgehead atoms. The summed E-state index contributed by atoms with van der Waals surface area (Å²) in [5.74, 6) is -0.263. The van der Waals surface area contributed by atoms with Gasteiger partial charge >= 0.3 is 0 Å². The van der Waals surface area contributed by atoms with Crippen LogP contribution in [-0.4, -0.2) is 32.6 Å². The first-order valence-corrected chi connectivity index (χ1v) is 6.91. The third-order valence-electron chi connectivity index (χ3n) is 4.70. The molecule has 1 atom stereocenters. The molecule has 96 valence electrons. The van der Waals surface area contributed by atoms with Gasteiger partial charge in [-0.3, -0.25) is 0 Å². The van der Waals surface area contributed by atoms with Crippen LogP contribution in [-0.2, 0) is 9.47 Å². The Labute approximate surface area is 104 Å². The van der Waals surface area contributed by atoms with E-state index in [2.05, 4.69) is 18.4 Å². The van der Waals surface area contributed by atoms with Crippen LogP contribution < -0.4 is 5.32 Å². The molecule has 1 spiro atoms. The molecule has 1 aliphatic heterocycles. The molecule has 0 aromatic carbocycles. The number of hydrogen-bond donors (Lipinski definition) is 1. The standard InChI is InChI=1S/C14H23NO2/c1-15-11-13-5-3-2-4-12(13)10-14(7-6-13)16-8-9-17-14/h4,15H,2-3,5-11H2,1H3. The fraction of sp³-hybridized carbons (Fsp3) is 0.857. The monoisotopic (exact) mass is 237 g/mol. The molecule has 3 rings (SSSR count). The molecule has 0 aromatic rings. The maximum atomic E-state index is 5.87. The number of nitrogens with one attached hydrogen (secondary N) is 1. The molecule has 1 saturated heterocycles. The largest absolute Gasteiger partial charge is 0.347 e.